The van der Waals surface area contributed by atoms with Gasteiger partial charge in [0.1, 0.15) is 30.2 Å². The van der Waals surface area contributed by atoms with Crippen molar-refractivity contribution in [3.05, 3.63) is 59.4 Å². The fraction of sp³-hybridized carbons (Fsp3) is 0.746. The number of nitrogens with one attached hydrogen (secondary N) is 3. The maximum Gasteiger partial charge on any atom is 0.418 e. The van der Waals surface area contributed by atoms with Crippen LogP contribution >= 0.6 is 0 Å². The van der Waals surface area contributed by atoms with Crippen LogP contribution in [0.1, 0.15) is 180 Å². The predicted octanol–water partition coefficient (Wildman–Crippen LogP) is 1.86. The number of urea groups is 5. The second-order valence-corrected chi connectivity index (χ2v) is 28.0. The largest absolute Gasteiger partial charge is 0.426 e. The molecule has 12 aliphatic rings. The Hall–Kier alpha value is -8.28. The van der Waals surface area contributed by atoms with E-state index in [0.717, 1.165) is 116 Å². The van der Waals surface area contributed by atoms with Crippen LogP contribution in [0.15, 0.2) is 28.5 Å². The van der Waals surface area contributed by atoms with Gasteiger partial charge in [-0.05, 0) is 97.1 Å². The van der Waals surface area contributed by atoms with Crippen molar-refractivity contribution in [2.75, 3.05) is 94.1 Å². The number of carbonyl (C=O) groups is 5. The third-order valence-corrected chi connectivity index (χ3v) is 21.2. The summed E-state index contributed by atoms with van der Waals surface area (Å²) in [6.45, 7) is 7.01. The second kappa shape index (κ2) is 29.9. The number of likely N-dealkylation sites (N-methyl/N-ethyl adjacent to an activating group) is 5. The van der Waals surface area contributed by atoms with Gasteiger partial charge >= 0.3 is 40.6 Å². The third-order valence-electron chi connectivity index (χ3n) is 20.8. The van der Waals surface area contributed by atoms with Crippen LogP contribution in [0.2, 0.25) is 0 Å². The number of aryl methyl sites for hydroxylation is 1. The van der Waals surface area contributed by atoms with Crippen LogP contribution in [0.25, 0.3) is 0 Å². The van der Waals surface area contributed by atoms with Crippen molar-refractivity contribution >= 4 is 40.6 Å². The fourth-order valence-electron chi connectivity index (χ4n) is 14.8. The Balaban J connectivity index is 0.000000118. The molecule has 8 N–H and O–H groups in total. The number of hydrogen-bond donors (Lipinski definition) is 6. The van der Waals surface area contributed by atoms with Crippen molar-refractivity contribution in [1.29, 1.82) is 0 Å². The van der Waals surface area contributed by atoms with Crippen molar-refractivity contribution in [2.45, 2.75) is 189 Å². The Morgan fingerprint density at radius 1 is 0.545 bits per heavy atom. The van der Waals surface area contributed by atoms with Crippen molar-refractivity contribution in [3.63, 3.8) is 0 Å². The second-order valence-electron chi connectivity index (χ2n) is 26.9. The van der Waals surface area contributed by atoms with Gasteiger partial charge in [0.25, 0.3) is 0 Å². The lowest BCUT2D eigenvalue weighted by Crippen LogP contribution is -2.55. The first-order valence-corrected chi connectivity index (χ1v) is 35.1. The van der Waals surface area contributed by atoms with E-state index in [1.807, 2.05) is 69.5 Å². The van der Waals surface area contributed by atoms with Crippen LogP contribution in [0.5, 0.6) is 0 Å². The first-order chi connectivity index (χ1) is 47.2. The summed E-state index contributed by atoms with van der Waals surface area (Å²) in [4.78, 5) is 76.6. The molecule has 99 heavy (non-hydrogen) atoms. The Kier molecular flexibility index (Phi) is 21.3. The summed E-state index contributed by atoms with van der Waals surface area (Å²) in [5.74, 6) is 5.25. The van der Waals surface area contributed by atoms with E-state index in [4.69, 9.17) is 38.1 Å². The Labute approximate surface area is 571 Å². The minimum absolute atomic E-state index is 0. The van der Waals surface area contributed by atoms with Gasteiger partial charge in [-0.15, -0.1) is 55.3 Å². The molecule has 12 fully saturated rings. The highest BCUT2D eigenvalue weighted by Crippen LogP contribution is 2.43. The summed E-state index contributed by atoms with van der Waals surface area (Å²) in [5, 5.41) is 50.3. The zero-order chi connectivity index (χ0) is 68.7. The van der Waals surface area contributed by atoms with Crippen LogP contribution in [0, 0.1) is 0 Å². The zero-order valence-electron chi connectivity index (χ0n) is 55.5. The van der Waals surface area contributed by atoms with E-state index < -0.39 is 28.5 Å². The average molecular weight is 1410 g/mol. The summed E-state index contributed by atoms with van der Waals surface area (Å²) in [5.41, 5.74) is 11.3. The van der Waals surface area contributed by atoms with E-state index >= 15 is 0 Å². The number of carbonyl (C=O) groups excluding carboxylic acids is 5. The third kappa shape index (κ3) is 14.8. The van der Waals surface area contributed by atoms with E-state index in [1.54, 1.807) is 4.90 Å². The molecule has 542 valence electrons. The molecule has 10 amide bonds. The molecule has 11 aliphatic heterocycles. The number of fused-ring (bicyclic) bond motifs is 10. The van der Waals surface area contributed by atoms with E-state index in [-0.39, 0.29) is 68.3 Å². The molecule has 5 aromatic heterocycles. The lowest BCUT2D eigenvalue weighted by Gasteiger charge is -2.30. The summed E-state index contributed by atoms with van der Waals surface area (Å²) in [7, 11) is 4.57. The van der Waals surface area contributed by atoms with Gasteiger partial charge < -0.3 is 93.6 Å². The molecular weight excluding hydrogens is 1310 g/mol. The van der Waals surface area contributed by atoms with Crippen molar-refractivity contribution < 1.29 is 63.3 Å². The van der Waals surface area contributed by atoms with E-state index in [0.29, 0.717) is 133 Å². The molecule has 0 spiro atoms. The standard InChI is InChI=1S/C13H19N5O2.C12H18N6O6S.2C12H19N5O2.C9H12N4O2.CH4/c1-17-9-2-3-10(18(6-9)13(17)19)12-16-15-11(20-12)7-4-8(14)5-7;19-12-17-6-8(18(12)24-25(20,21)22)1-2-9(17)11-16-15-10(23-11)5-14-7-3-13-4-7;1-13-6-5-10-14-15-11(19-10)9-4-3-8-7-17(9)12(18)16(8)2;1-16-8-4-5-9(17(7-8)12(16)18)11-15-14-10(19-11)3-2-6-13;1-12-6-2-3-7(8-11-10-5-15-8)13(4-6)9(12)14;/h7-10H,2-6,14H2,1H3;7-9,13-14H,1-6H2,(H,20,21,22);8-9,13H,3-7H2,1-2H3;8-9H,2-7,13H2,1H3;5-7H,2-4H2,1H3;1H4/t7?,8?,9-,10+;3*8-,9+;6-,7+;/m11111./s1. The van der Waals surface area contributed by atoms with Crippen LogP contribution in [0.4, 0.5) is 24.0 Å². The molecule has 5 aromatic rings. The summed E-state index contributed by atoms with van der Waals surface area (Å²) in [6.07, 6.45) is 14.0. The molecule has 1 aliphatic carbocycles. The van der Waals surface area contributed by atoms with Gasteiger partial charge in [0.2, 0.25) is 59.4 Å². The molecule has 17 rings (SSSR count). The highest BCUT2D eigenvalue weighted by molar-refractivity contribution is 7.80. The molecule has 11 saturated heterocycles. The minimum Gasteiger partial charge on any atom is -0.426 e. The highest BCUT2D eigenvalue weighted by atomic mass is 32.3. The average Bonchev–Trinajstić information content (AvgIpc) is 1.76. The maximum absolute atomic E-state index is 12.4. The molecule has 10 bridgehead atoms. The number of amides is 10. The quantitative estimate of drug-likeness (QED) is 0.0724. The summed E-state index contributed by atoms with van der Waals surface area (Å²) in [6, 6.07) is 0.574. The summed E-state index contributed by atoms with van der Waals surface area (Å²) < 4.78 is 63.0. The Morgan fingerprint density at radius 3 is 1.37 bits per heavy atom. The van der Waals surface area contributed by atoms with E-state index in [9.17, 15) is 32.4 Å². The smallest absolute Gasteiger partial charge is 0.418 e. The van der Waals surface area contributed by atoms with Crippen LogP contribution < -0.4 is 27.4 Å². The Morgan fingerprint density at radius 2 is 0.949 bits per heavy atom. The monoisotopic (exact) mass is 1410 g/mol. The number of hydroxylamine groups is 2. The Bertz CT molecular complexity index is 3630. The summed E-state index contributed by atoms with van der Waals surface area (Å²) >= 11 is 0. The molecule has 0 aromatic carbocycles. The highest BCUT2D eigenvalue weighted by Gasteiger charge is 2.51. The van der Waals surface area contributed by atoms with Gasteiger partial charge in [0.05, 0.1) is 36.8 Å². The first-order valence-electron chi connectivity index (χ1n) is 33.7. The number of piperidine rings is 5. The number of rotatable bonds is 17. The van der Waals surface area contributed by atoms with Gasteiger partial charge in [-0.1, -0.05) is 7.43 Å². The normalized spacial score (nSPS) is 28.8. The van der Waals surface area contributed by atoms with E-state index in [2.05, 4.69) is 71.2 Å². The zero-order valence-corrected chi connectivity index (χ0v) is 56.3. The van der Waals surface area contributed by atoms with Gasteiger partial charge in [-0.3, -0.25) is 4.55 Å². The van der Waals surface area contributed by atoms with Crippen LogP contribution in [-0.2, 0) is 34.1 Å². The topological polar surface area (TPSA) is 464 Å². The predicted molar refractivity (Wildman–Crippen MR) is 342 cm³/mol. The number of nitrogens with two attached hydrogens (primary N) is 2. The molecule has 40 heteroatoms. The van der Waals surface area contributed by atoms with Gasteiger partial charge in [0, 0.05) is 111 Å². The van der Waals surface area contributed by atoms with Crippen LogP contribution in [-0.4, -0.2) is 280 Å². The fourth-order valence-corrected chi connectivity index (χ4v) is 15.2. The maximum atomic E-state index is 12.4. The number of aromatic nitrogens is 10. The van der Waals surface area contributed by atoms with Crippen molar-refractivity contribution in [2.24, 2.45) is 11.5 Å². The molecule has 16 heterocycles. The molecule has 10 atom stereocenters. The van der Waals surface area contributed by atoms with Gasteiger partial charge in [0.15, 0.2) is 0 Å². The minimum atomic E-state index is -4.76. The molecular formula is C59H91N25O14S. The molecule has 39 nitrogen and oxygen atoms in total. The van der Waals surface area contributed by atoms with Gasteiger partial charge in [-0.2, -0.15) is 13.5 Å². The van der Waals surface area contributed by atoms with E-state index in [1.165, 1.54) is 11.3 Å². The van der Waals surface area contributed by atoms with Crippen molar-refractivity contribution in [3.8, 4) is 0 Å². The number of nitrogens with zero attached hydrogens (tertiary/aromatic N) is 20. The van der Waals surface area contributed by atoms with Crippen LogP contribution in [0.3, 0.4) is 0 Å². The lowest BCUT2D eigenvalue weighted by molar-refractivity contribution is -0.0317. The first kappa shape index (κ1) is 70.6. The molecule has 0 unspecified atom stereocenters. The number of hydrogen-bond acceptors (Lipinski definition) is 28. The lowest BCUT2D eigenvalue weighted by atomic mass is 9.81. The van der Waals surface area contributed by atoms with Crippen molar-refractivity contribution in [1.82, 2.24) is 116 Å². The molecule has 0 radical (unpaired) electrons. The van der Waals surface area contributed by atoms with Gasteiger partial charge in [-0.25, -0.2) is 24.0 Å². The molecule has 1 saturated carbocycles. The SMILES string of the molecule is C.CN1C(=O)N2C[C@H]1CC[C@H]2c1nnc(C2CC(N)C2)o1.CN1C(=O)N2C[C@H]1CC[C@H]2c1nnc(CCCN)o1.CN1C(=O)N2C[C@H]1CC[C@H]2c1nnco1.CNCCc1nnc([C@@H]2CC[C@@H]3CN2C(=O)N3C)o1.O=C1N2C[C@@H](CC[C@H]2c2nnc(CNC3CNC3)o2)N1OS(=O)(=O)O.